The molecule has 1 N–H and O–H groups in total. The zero-order valence-corrected chi connectivity index (χ0v) is 11.7. The summed E-state index contributed by atoms with van der Waals surface area (Å²) in [5.41, 5.74) is 0.425. The second-order valence-electron chi connectivity index (χ2n) is 6.25. The number of hydrogen-bond donors (Lipinski definition) is 1. The van der Waals surface area contributed by atoms with Crippen molar-refractivity contribution in [3.63, 3.8) is 0 Å². The molecule has 106 valence electrons. The van der Waals surface area contributed by atoms with Gasteiger partial charge in [0.15, 0.2) is 0 Å². The van der Waals surface area contributed by atoms with Crippen LogP contribution in [-0.2, 0) is 11.2 Å². The van der Waals surface area contributed by atoms with Gasteiger partial charge in [-0.15, -0.1) is 0 Å². The Morgan fingerprint density at radius 3 is 2.79 bits per heavy atom. The quantitative estimate of drug-likeness (QED) is 0.908. The minimum Gasteiger partial charge on any atom is -0.389 e. The van der Waals surface area contributed by atoms with E-state index in [1.54, 1.807) is 7.11 Å². The zero-order valence-electron chi connectivity index (χ0n) is 11.7. The van der Waals surface area contributed by atoms with Gasteiger partial charge in [0, 0.05) is 32.6 Å². The highest BCUT2D eigenvalue weighted by molar-refractivity contribution is 5.09. The molecular formula is C15H24N2O2. The largest absolute Gasteiger partial charge is 0.389 e. The summed E-state index contributed by atoms with van der Waals surface area (Å²) in [7, 11) is 1.71. The summed E-state index contributed by atoms with van der Waals surface area (Å²) in [6, 6.07) is 2.64. The predicted octanol–water partition coefficient (Wildman–Crippen LogP) is 2.47. The van der Waals surface area contributed by atoms with E-state index in [-0.39, 0.29) is 6.10 Å². The van der Waals surface area contributed by atoms with E-state index in [2.05, 4.69) is 22.0 Å². The first kappa shape index (κ1) is 13.1. The van der Waals surface area contributed by atoms with Crippen molar-refractivity contribution in [1.29, 1.82) is 0 Å². The van der Waals surface area contributed by atoms with Crippen LogP contribution in [0.2, 0.25) is 0 Å². The molecule has 1 aromatic heterocycles. The first-order chi connectivity index (χ1) is 9.18. The molecule has 2 aliphatic carbocycles. The number of rotatable bonds is 4. The van der Waals surface area contributed by atoms with Gasteiger partial charge in [-0.05, 0) is 18.9 Å². The maximum Gasteiger partial charge on any atom is 0.0753 e. The summed E-state index contributed by atoms with van der Waals surface area (Å²) in [6.45, 7) is 0. The second kappa shape index (κ2) is 5.25. The van der Waals surface area contributed by atoms with Gasteiger partial charge in [-0.3, -0.25) is 4.68 Å². The SMILES string of the molecule is COC1CC(O)(Cc2ccn(C3CCCCC3)n2)C1. The minimum atomic E-state index is -0.591. The van der Waals surface area contributed by atoms with E-state index in [0.717, 1.165) is 18.5 Å². The molecule has 2 saturated carbocycles. The highest BCUT2D eigenvalue weighted by atomic mass is 16.5. The maximum absolute atomic E-state index is 10.4. The van der Waals surface area contributed by atoms with Gasteiger partial charge in [0.1, 0.15) is 0 Å². The number of hydrogen-bond acceptors (Lipinski definition) is 3. The fourth-order valence-electron chi connectivity index (χ4n) is 3.46. The number of aliphatic hydroxyl groups is 1. The molecule has 0 unspecified atom stereocenters. The van der Waals surface area contributed by atoms with Crippen LogP contribution in [-0.4, -0.2) is 33.7 Å². The maximum atomic E-state index is 10.4. The topological polar surface area (TPSA) is 47.3 Å². The molecule has 4 heteroatoms. The van der Waals surface area contributed by atoms with Crippen molar-refractivity contribution >= 4 is 0 Å². The second-order valence-corrected chi connectivity index (χ2v) is 6.25. The van der Waals surface area contributed by atoms with Crippen molar-refractivity contribution in [2.75, 3.05) is 7.11 Å². The van der Waals surface area contributed by atoms with E-state index < -0.39 is 5.60 Å². The average Bonchev–Trinajstić information content (AvgIpc) is 2.85. The van der Waals surface area contributed by atoms with Crippen LogP contribution in [0.25, 0.3) is 0 Å². The molecule has 2 aliphatic rings. The third kappa shape index (κ3) is 2.84. The molecule has 4 nitrogen and oxygen atoms in total. The Balaban J connectivity index is 1.59. The van der Waals surface area contributed by atoms with Crippen molar-refractivity contribution in [2.24, 2.45) is 0 Å². The molecule has 0 aliphatic heterocycles. The Labute approximate surface area is 114 Å². The predicted molar refractivity (Wildman–Crippen MR) is 73.0 cm³/mol. The van der Waals surface area contributed by atoms with Gasteiger partial charge in [0.05, 0.1) is 23.4 Å². The van der Waals surface area contributed by atoms with Crippen LogP contribution in [0, 0.1) is 0 Å². The van der Waals surface area contributed by atoms with Crippen molar-refractivity contribution in [3.05, 3.63) is 18.0 Å². The summed E-state index contributed by atoms with van der Waals surface area (Å²) in [4.78, 5) is 0. The standard InChI is InChI=1S/C15H24N2O2/c1-19-14-10-15(18,11-14)9-12-7-8-17(16-12)13-5-3-2-4-6-13/h7-8,13-14,18H,2-6,9-11H2,1H3. The van der Waals surface area contributed by atoms with E-state index in [1.807, 2.05) is 0 Å². The molecule has 0 spiro atoms. The molecular weight excluding hydrogens is 240 g/mol. The van der Waals surface area contributed by atoms with E-state index in [0.29, 0.717) is 12.5 Å². The molecule has 0 radical (unpaired) electrons. The first-order valence-electron chi connectivity index (χ1n) is 7.48. The Morgan fingerprint density at radius 1 is 1.37 bits per heavy atom. The molecule has 2 fully saturated rings. The molecule has 0 saturated heterocycles. The Kier molecular flexibility index (Phi) is 3.63. The fraction of sp³-hybridized carbons (Fsp3) is 0.800. The minimum absolute atomic E-state index is 0.227. The van der Waals surface area contributed by atoms with E-state index in [9.17, 15) is 5.11 Å². The number of ether oxygens (including phenoxy) is 1. The first-order valence-corrected chi connectivity index (χ1v) is 7.48. The van der Waals surface area contributed by atoms with E-state index in [1.165, 1.54) is 32.1 Å². The Morgan fingerprint density at radius 2 is 2.11 bits per heavy atom. The van der Waals surface area contributed by atoms with Crippen molar-refractivity contribution < 1.29 is 9.84 Å². The van der Waals surface area contributed by atoms with Crippen LogP contribution in [0.4, 0.5) is 0 Å². The van der Waals surface area contributed by atoms with Crippen molar-refractivity contribution in [3.8, 4) is 0 Å². The highest BCUT2D eigenvalue weighted by Gasteiger charge is 2.43. The highest BCUT2D eigenvalue weighted by Crippen LogP contribution is 2.37. The number of aromatic nitrogens is 2. The van der Waals surface area contributed by atoms with Crippen LogP contribution in [0.5, 0.6) is 0 Å². The number of nitrogens with zero attached hydrogens (tertiary/aromatic N) is 2. The van der Waals surface area contributed by atoms with Crippen LogP contribution < -0.4 is 0 Å². The summed E-state index contributed by atoms with van der Waals surface area (Å²) >= 11 is 0. The molecule has 1 heterocycles. The van der Waals surface area contributed by atoms with Gasteiger partial charge < -0.3 is 9.84 Å². The van der Waals surface area contributed by atoms with Gasteiger partial charge in [0.25, 0.3) is 0 Å². The molecule has 1 aromatic rings. The lowest BCUT2D eigenvalue weighted by molar-refractivity contribution is -0.126. The van der Waals surface area contributed by atoms with E-state index >= 15 is 0 Å². The molecule has 0 amide bonds. The lowest BCUT2D eigenvalue weighted by atomic mass is 9.74. The normalized spacial score (nSPS) is 32.2. The van der Waals surface area contributed by atoms with Gasteiger partial charge in [0.2, 0.25) is 0 Å². The van der Waals surface area contributed by atoms with Gasteiger partial charge >= 0.3 is 0 Å². The summed E-state index contributed by atoms with van der Waals surface area (Å²) < 4.78 is 7.35. The van der Waals surface area contributed by atoms with Gasteiger partial charge in [-0.1, -0.05) is 19.3 Å². The Bertz CT molecular complexity index is 418. The summed E-state index contributed by atoms with van der Waals surface area (Å²) in [6.07, 6.45) is 10.9. The van der Waals surface area contributed by atoms with Gasteiger partial charge in [-0.2, -0.15) is 5.10 Å². The molecule has 0 bridgehead atoms. The smallest absolute Gasteiger partial charge is 0.0753 e. The molecule has 19 heavy (non-hydrogen) atoms. The van der Waals surface area contributed by atoms with Crippen LogP contribution in [0.15, 0.2) is 12.3 Å². The van der Waals surface area contributed by atoms with Gasteiger partial charge in [-0.25, -0.2) is 0 Å². The monoisotopic (exact) mass is 264 g/mol. The lowest BCUT2D eigenvalue weighted by Crippen LogP contribution is -2.49. The number of methoxy groups -OCH3 is 1. The Hall–Kier alpha value is -0.870. The average molecular weight is 264 g/mol. The molecule has 0 atom stereocenters. The van der Waals surface area contributed by atoms with Crippen LogP contribution in [0.1, 0.15) is 56.7 Å². The summed E-state index contributed by atoms with van der Waals surface area (Å²) in [5, 5.41) is 15.0. The lowest BCUT2D eigenvalue weighted by Gasteiger charge is -2.42. The fourth-order valence-corrected chi connectivity index (χ4v) is 3.46. The summed E-state index contributed by atoms with van der Waals surface area (Å²) in [5.74, 6) is 0. The van der Waals surface area contributed by atoms with Crippen LogP contribution in [0.3, 0.4) is 0 Å². The van der Waals surface area contributed by atoms with Crippen molar-refractivity contribution in [2.45, 2.75) is 69.1 Å². The van der Waals surface area contributed by atoms with Crippen molar-refractivity contribution in [1.82, 2.24) is 9.78 Å². The zero-order chi connectivity index (χ0) is 13.3. The molecule has 3 rings (SSSR count). The third-order valence-electron chi connectivity index (χ3n) is 4.67. The van der Waals surface area contributed by atoms with E-state index in [4.69, 9.17) is 4.74 Å². The third-order valence-corrected chi connectivity index (χ3v) is 4.67. The van der Waals surface area contributed by atoms with Crippen LogP contribution >= 0.6 is 0 Å². The molecule has 0 aromatic carbocycles.